The van der Waals surface area contributed by atoms with E-state index in [1.54, 1.807) is 0 Å². The van der Waals surface area contributed by atoms with Crippen LogP contribution in [0.4, 0.5) is 0 Å². The summed E-state index contributed by atoms with van der Waals surface area (Å²) in [6, 6.07) is 21.3. The van der Waals surface area contributed by atoms with E-state index in [1.807, 2.05) is 24.5 Å². The van der Waals surface area contributed by atoms with Gasteiger partial charge in [0, 0.05) is 23.2 Å². The van der Waals surface area contributed by atoms with Crippen molar-refractivity contribution in [3.63, 3.8) is 0 Å². The highest BCUT2D eigenvalue weighted by Crippen LogP contribution is 2.40. The van der Waals surface area contributed by atoms with Gasteiger partial charge in [-0.15, -0.1) is 0 Å². The van der Waals surface area contributed by atoms with E-state index in [1.165, 1.54) is 22.3 Å². The Morgan fingerprint density at radius 3 is 2.46 bits per heavy atom. The van der Waals surface area contributed by atoms with Gasteiger partial charge >= 0.3 is 0 Å². The van der Waals surface area contributed by atoms with Crippen LogP contribution in [-0.4, -0.2) is 19.4 Å². The summed E-state index contributed by atoms with van der Waals surface area (Å²) in [6.07, 6.45) is 4.64. The first-order chi connectivity index (χ1) is 13.9. The van der Waals surface area contributed by atoms with Gasteiger partial charge in [-0.3, -0.25) is 9.38 Å². The monoisotopic (exact) mass is 358 g/mol. The highest BCUT2D eigenvalue weighted by atomic mass is 15.1. The molecule has 0 atom stereocenters. The Labute approximate surface area is 160 Å². The molecular weight excluding hydrogens is 344 g/mol. The molecule has 4 nitrogen and oxygen atoms in total. The van der Waals surface area contributed by atoms with Crippen molar-refractivity contribution in [1.82, 2.24) is 19.4 Å². The molecule has 0 fully saturated rings. The van der Waals surface area contributed by atoms with Crippen molar-refractivity contribution in [3.05, 3.63) is 84.2 Å². The van der Waals surface area contributed by atoms with E-state index in [2.05, 4.69) is 57.9 Å². The molecule has 2 aromatic carbocycles. The summed E-state index contributed by atoms with van der Waals surface area (Å²) in [7, 11) is 0. The molecule has 7 rings (SSSR count). The van der Waals surface area contributed by atoms with Crippen molar-refractivity contribution in [2.45, 2.75) is 6.42 Å². The maximum absolute atomic E-state index is 5.03. The molecule has 4 aromatic heterocycles. The maximum Gasteiger partial charge on any atom is 0.149 e. The second-order valence-corrected chi connectivity index (χ2v) is 7.38. The summed E-state index contributed by atoms with van der Waals surface area (Å²) in [5.74, 6) is 0. The Morgan fingerprint density at radius 2 is 1.54 bits per heavy atom. The Morgan fingerprint density at radius 1 is 0.714 bits per heavy atom. The first-order valence-corrected chi connectivity index (χ1v) is 9.43. The zero-order chi connectivity index (χ0) is 18.2. The predicted molar refractivity (Wildman–Crippen MR) is 112 cm³/mol. The van der Waals surface area contributed by atoms with Crippen molar-refractivity contribution in [1.29, 1.82) is 0 Å². The summed E-state index contributed by atoms with van der Waals surface area (Å²) in [4.78, 5) is 14.4. The molecule has 1 aliphatic rings. The third kappa shape index (κ3) is 1.68. The van der Waals surface area contributed by atoms with E-state index >= 15 is 0 Å². The molecule has 0 radical (unpaired) electrons. The molecule has 0 bridgehead atoms. The van der Waals surface area contributed by atoms with Gasteiger partial charge in [-0.05, 0) is 65.1 Å². The van der Waals surface area contributed by atoms with Crippen molar-refractivity contribution >= 4 is 38.6 Å². The van der Waals surface area contributed by atoms with Crippen LogP contribution >= 0.6 is 0 Å². The van der Waals surface area contributed by atoms with Crippen LogP contribution in [0.1, 0.15) is 11.1 Å². The average Bonchev–Trinajstić information content (AvgIpc) is 3.30. The molecule has 0 amide bonds. The van der Waals surface area contributed by atoms with Crippen molar-refractivity contribution in [2.24, 2.45) is 0 Å². The minimum Gasteiger partial charge on any atom is -0.276 e. The maximum atomic E-state index is 5.03. The highest BCUT2D eigenvalue weighted by Gasteiger charge is 2.21. The lowest BCUT2D eigenvalue weighted by Crippen LogP contribution is -1.95. The Kier molecular flexibility index (Phi) is 2.51. The number of aromatic nitrogens is 4. The standard InChI is InChI=1S/C24H14N4/c1-2-6-16-14(5-1)11-15-12-21-20(13-19(15)16)27-24-18-8-3-9-25-22(18)17-7-4-10-26-23(17)28(21)24/h1-10,12-13H,11H2. The quantitative estimate of drug-likeness (QED) is 0.352. The van der Waals surface area contributed by atoms with Gasteiger partial charge in [-0.25, -0.2) is 9.97 Å². The van der Waals surface area contributed by atoms with Gasteiger partial charge in [0.15, 0.2) is 0 Å². The van der Waals surface area contributed by atoms with E-state index in [0.717, 1.165) is 45.0 Å². The number of nitrogens with zero attached hydrogens (tertiary/aromatic N) is 4. The molecule has 6 aromatic rings. The molecule has 4 heterocycles. The Hall–Kier alpha value is -3.79. The number of rotatable bonds is 0. The summed E-state index contributed by atoms with van der Waals surface area (Å²) in [5.41, 5.74) is 10.2. The summed E-state index contributed by atoms with van der Waals surface area (Å²) < 4.78 is 2.19. The molecule has 0 aliphatic heterocycles. The Bertz CT molecular complexity index is 1590. The molecule has 1 aliphatic carbocycles. The van der Waals surface area contributed by atoms with Crippen LogP contribution in [0.5, 0.6) is 0 Å². The number of imidazole rings is 1. The fourth-order valence-electron chi connectivity index (χ4n) is 4.66. The SMILES string of the molecule is c1ccc2c(c1)Cc1cc3c(cc1-2)nc1c2cccnc2c2cccnc2n31. The molecule has 0 saturated carbocycles. The first kappa shape index (κ1) is 14.3. The van der Waals surface area contributed by atoms with Crippen LogP contribution in [0.3, 0.4) is 0 Å². The van der Waals surface area contributed by atoms with Crippen LogP contribution in [0.25, 0.3) is 49.7 Å². The fourth-order valence-corrected chi connectivity index (χ4v) is 4.66. The number of hydrogen-bond acceptors (Lipinski definition) is 3. The van der Waals surface area contributed by atoms with Crippen molar-refractivity contribution < 1.29 is 0 Å². The predicted octanol–water partition coefficient (Wildman–Crippen LogP) is 5.16. The zero-order valence-corrected chi connectivity index (χ0v) is 14.9. The third-order valence-electron chi connectivity index (χ3n) is 5.87. The second-order valence-electron chi connectivity index (χ2n) is 7.38. The number of benzene rings is 2. The topological polar surface area (TPSA) is 43.1 Å². The number of hydrogen-bond donors (Lipinski definition) is 0. The van der Waals surface area contributed by atoms with Crippen molar-refractivity contribution in [3.8, 4) is 11.1 Å². The lowest BCUT2D eigenvalue weighted by atomic mass is 10.1. The number of fused-ring (bicyclic) bond motifs is 11. The summed E-state index contributed by atoms with van der Waals surface area (Å²) in [6.45, 7) is 0. The molecule has 0 N–H and O–H groups in total. The van der Waals surface area contributed by atoms with E-state index in [4.69, 9.17) is 9.97 Å². The average molecular weight is 358 g/mol. The third-order valence-corrected chi connectivity index (χ3v) is 5.87. The minimum atomic E-state index is 0.904. The number of pyridine rings is 3. The van der Waals surface area contributed by atoms with Crippen LogP contribution in [-0.2, 0) is 6.42 Å². The lowest BCUT2D eigenvalue weighted by Gasteiger charge is -2.07. The van der Waals surface area contributed by atoms with Gasteiger partial charge < -0.3 is 0 Å². The Balaban J connectivity index is 1.70. The molecule has 0 unspecified atom stereocenters. The minimum absolute atomic E-state index is 0.904. The fraction of sp³-hybridized carbons (Fsp3) is 0.0417. The highest BCUT2D eigenvalue weighted by molar-refractivity contribution is 6.11. The van der Waals surface area contributed by atoms with Crippen LogP contribution in [0.2, 0.25) is 0 Å². The van der Waals surface area contributed by atoms with Gasteiger partial charge in [0.05, 0.1) is 16.6 Å². The largest absolute Gasteiger partial charge is 0.276 e. The van der Waals surface area contributed by atoms with Crippen LogP contribution < -0.4 is 0 Å². The van der Waals surface area contributed by atoms with E-state index in [-0.39, 0.29) is 0 Å². The second kappa shape index (κ2) is 4.93. The molecule has 4 heteroatoms. The van der Waals surface area contributed by atoms with Gasteiger partial charge in [0.1, 0.15) is 11.3 Å². The van der Waals surface area contributed by atoms with Crippen molar-refractivity contribution in [2.75, 3.05) is 0 Å². The van der Waals surface area contributed by atoms with Crippen LogP contribution in [0, 0.1) is 0 Å². The first-order valence-electron chi connectivity index (χ1n) is 9.43. The van der Waals surface area contributed by atoms with E-state index in [9.17, 15) is 0 Å². The molecule has 0 saturated heterocycles. The summed E-state index contributed by atoms with van der Waals surface area (Å²) >= 11 is 0. The van der Waals surface area contributed by atoms with Gasteiger partial charge in [0.2, 0.25) is 0 Å². The summed E-state index contributed by atoms with van der Waals surface area (Å²) in [5, 5.41) is 2.11. The smallest absolute Gasteiger partial charge is 0.149 e. The van der Waals surface area contributed by atoms with Crippen LogP contribution in [0.15, 0.2) is 73.1 Å². The van der Waals surface area contributed by atoms with Gasteiger partial charge in [-0.1, -0.05) is 24.3 Å². The van der Waals surface area contributed by atoms with E-state index in [0.29, 0.717) is 0 Å². The molecular formula is C24H14N4. The molecule has 0 spiro atoms. The molecule has 28 heavy (non-hydrogen) atoms. The van der Waals surface area contributed by atoms with E-state index < -0.39 is 0 Å². The molecule has 130 valence electrons. The normalized spacial score (nSPS) is 12.9. The van der Waals surface area contributed by atoms with Gasteiger partial charge in [-0.2, -0.15) is 0 Å². The zero-order valence-electron chi connectivity index (χ0n) is 14.9. The lowest BCUT2D eigenvalue weighted by molar-refractivity contribution is 1.22. The van der Waals surface area contributed by atoms with Gasteiger partial charge in [0.25, 0.3) is 0 Å².